The molecule has 0 unspecified atom stereocenters. The summed E-state index contributed by atoms with van der Waals surface area (Å²) in [6.45, 7) is 6.04. The molecule has 8 rings (SSSR count). The minimum absolute atomic E-state index is 0.716. The van der Waals surface area contributed by atoms with E-state index in [9.17, 15) is 0 Å². The van der Waals surface area contributed by atoms with Crippen molar-refractivity contribution in [1.82, 2.24) is 19.3 Å². The van der Waals surface area contributed by atoms with E-state index in [4.69, 9.17) is 19.4 Å². The molecule has 0 aliphatic heterocycles. The molecule has 2 heterocycles. The third-order valence-corrected chi connectivity index (χ3v) is 18.9. The van der Waals surface area contributed by atoms with Gasteiger partial charge in [-0.25, -0.2) is 19.3 Å². The Hall–Kier alpha value is -6.66. The van der Waals surface area contributed by atoms with E-state index in [1.165, 1.54) is 244 Å². The van der Waals surface area contributed by atoms with Crippen LogP contribution in [0, 0.1) is 0 Å². The fourth-order valence-electron chi connectivity index (χ4n) is 13.4. The molecular weight excluding hydrogens is 1120 g/mol. The first-order valence-corrected chi connectivity index (χ1v) is 37.7. The topological polar surface area (TPSA) is 54.1 Å². The Bertz CT molecular complexity index is 2900. The average molecular weight is 1240 g/mol. The first-order valence-electron chi connectivity index (χ1n) is 37.7. The van der Waals surface area contributed by atoms with E-state index < -0.39 is 0 Å². The summed E-state index contributed by atoms with van der Waals surface area (Å²) in [5.41, 5.74) is 9.84. The average Bonchev–Trinajstić information content (AvgIpc) is 1.57. The first kappa shape index (κ1) is 71.2. The number of benzene rings is 6. The van der Waals surface area contributed by atoms with Crippen LogP contribution in [0.1, 0.15) is 271 Å². The van der Waals surface area contributed by atoms with Gasteiger partial charge in [0.25, 0.3) is 0 Å². The van der Waals surface area contributed by atoms with Crippen LogP contribution in [0.4, 0.5) is 0 Å². The quantitative estimate of drug-likeness (QED) is 0.0357. The second-order valence-corrected chi connectivity index (χ2v) is 26.5. The molecule has 0 N–H and O–H groups in total. The van der Waals surface area contributed by atoms with Crippen molar-refractivity contribution in [2.75, 3.05) is 13.2 Å². The summed E-state index contributed by atoms with van der Waals surface area (Å²) < 4.78 is 17.6. The maximum absolute atomic E-state index is 6.46. The summed E-state index contributed by atoms with van der Waals surface area (Å²) in [5.74, 6) is 3.36. The molecular formula is C86H118N4O2. The lowest BCUT2D eigenvalue weighted by Gasteiger charge is -2.20. The first-order chi connectivity index (χ1) is 45.7. The monoisotopic (exact) mass is 1240 g/mol. The van der Waals surface area contributed by atoms with Gasteiger partial charge in [-0.3, -0.25) is 0 Å². The molecule has 0 aliphatic rings. The van der Waals surface area contributed by atoms with Crippen LogP contribution in [-0.2, 0) is 0 Å². The van der Waals surface area contributed by atoms with Crippen molar-refractivity contribution >= 4 is 0 Å². The summed E-state index contributed by atoms with van der Waals surface area (Å²) in [6, 6.07) is 59.9. The van der Waals surface area contributed by atoms with Crippen LogP contribution in [0.2, 0.25) is 0 Å². The van der Waals surface area contributed by atoms with Gasteiger partial charge in [-0.05, 0) is 61.4 Å². The number of hydrogen-bond donors (Lipinski definition) is 0. The Morgan fingerprint density at radius 1 is 0.228 bits per heavy atom. The highest BCUT2D eigenvalue weighted by Crippen LogP contribution is 2.43. The number of rotatable bonds is 51. The Morgan fingerprint density at radius 3 is 0.685 bits per heavy atom. The van der Waals surface area contributed by atoms with Crippen molar-refractivity contribution in [3.05, 3.63) is 170 Å². The molecule has 0 atom stereocenters. The lowest BCUT2D eigenvalue weighted by atomic mass is 10.0. The Labute approximate surface area is 558 Å². The molecule has 6 nitrogen and oxygen atoms in total. The zero-order valence-corrected chi connectivity index (χ0v) is 57.5. The predicted molar refractivity (Wildman–Crippen MR) is 395 cm³/mol. The molecule has 6 aromatic carbocycles. The molecule has 0 radical (unpaired) electrons. The zero-order chi connectivity index (χ0) is 63.6. The second kappa shape index (κ2) is 44.0. The van der Waals surface area contributed by atoms with Gasteiger partial charge < -0.3 is 9.47 Å². The third kappa shape index (κ3) is 24.7. The fourth-order valence-corrected chi connectivity index (χ4v) is 13.4. The van der Waals surface area contributed by atoms with Gasteiger partial charge in [-0.1, -0.05) is 379 Å². The van der Waals surface area contributed by atoms with Gasteiger partial charge >= 0.3 is 0 Å². The standard InChI is InChI=1S/C86H118N4O2/c1-3-5-7-9-11-13-15-17-19-21-23-25-27-29-31-33-35-37-39-53-71-91-79-67-63-77(64-68-79)85-87-81(73-55-45-41-46-56-73)83(75-59-49-43-50-60-75)89(85)90-84(76-61-51-44-52-62-76)82(74-57-47-42-48-58-74)88-86(90)78-65-69-80(70-66-78)92-72-54-40-38-36-34-32-30-28-26-24-22-20-18-16-14-12-10-8-6-4-2/h41-52,55-70H,3-40,53-54,71-72H2,1-2H3. The van der Waals surface area contributed by atoms with E-state index in [1.807, 2.05) is 0 Å². The number of aromatic nitrogens is 4. The number of ether oxygens (including phenoxy) is 2. The number of nitrogens with zero attached hydrogens (tertiary/aromatic N) is 4. The maximum Gasteiger partial charge on any atom is 0.160 e. The summed E-state index contributed by atoms with van der Waals surface area (Å²) in [5, 5.41) is 0. The summed E-state index contributed by atoms with van der Waals surface area (Å²) >= 11 is 0. The molecule has 92 heavy (non-hydrogen) atoms. The molecule has 0 aliphatic carbocycles. The van der Waals surface area contributed by atoms with Crippen molar-refractivity contribution in [2.24, 2.45) is 0 Å². The van der Waals surface area contributed by atoms with Crippen molar-refractivity contribution in [1.29, 1.82) is 0 Å². The summed E-state index contributed by atoms with van der Waals surface area (Å²) in [6.07, 6.45) is 55.1. The normalized spacial score (nSPS) is 11.5. The van der Waals surface area contributed by atoms with Gasteiger partial charge in [0.1, 0.15) is 11.5 Å². The van der Waals surface area contributed by atoms with Crippen LogP contribution in [0.5, 0.6) is 11.5 Å². The van der Waals surface area contributed by atoms with Crippen LogP contribution < -0.4 is 9.47 Å². The van der Waals surface area contributed by atoms with Crippen LogP contribution in [-0.4, -0.2) is 32.5 Å². The molecule has 494 valence electrons. The molecule has 0 saturated heterocycles. The zero-order valence-electron chi connectivity index (χ0n) is 57.5. The van der Waals surface area contributed by atoms with Gasteiger partial charge in [-0.2, -0.15) is 0 Å². The van der Waals surface area contributed by atoms with Gasteiger partial charge in [0.15, 0.2) is 11.6 Å². The lowest BCUT2D eigenvalue weighted by molar-refractivity contribution is 0.304. The fraction of sp³-hybridized carbons (Fsp3) is 0.512. The van der Waals surface area contributed by atoms with Gasteiger partial charge in [-0.15, -0.1) is 0 Å². The minimum Gasteiger partial charge on any atom is -0.494 e. The van der Waals surface area contributed by atoms with Gasteiger partial charge in [0.05, 0.1) is 36.0 Å². The second-order valence-electron chi connectivity index (χ2n) is 26.5. The molecule has 6 heteroatoms. The van der Waals surface area contributed by atoms with Crippen molar-refractivity contribution in [3.8, 4) is 79.3 Å². The van der Waals surface area contributed by atoms with E-state index in [0.717, 1.165) is 92.1 Å². The van der Waals surface area contributed by atoms with Crippen LogP contribution in [0.25, 0.3) is 67.8 Å². The molecule has 0 amide bonds. The largest absolute Gasteiger partial charge is 0.494 e. The number of unbranched alkanes of at least 4 members (excludes halogenated alkanes) is 38. The Balaban J connectivity index is 0.898. The molecule has 0 saturated carbocycles. The summed E-state index contributed by atoms with van der Waals surface area (Å²) in [4.78, 5) is 11.4. The van der Waals surface area contributed by atoms with E-state index in [-0.39, 0.29) is 0 Å². The minimum atomic E-state index is 0.716. The van der Waals surface area contributed by atoms with Crippen molar-refractivity contribution in [2.45, 2.75) is 271 Å². The predicted octanol–water partition coefficient (Wildman–Crippen LogP) is 26.8. The smallest absolute Gasteiger partial charge is 0.160 e. The van der Waals surface area contributed by atoms with Gasteiger partial charge in [0.2, 0.25) is 0 Å². The van der Waals surface area contributed by atoms with E-state index in [2.05, 4.69) is 193 Å². The highest BCUT2D eigenvalue weighted by molar-refractivity contribution is 5.86. The highest BCUT2D eigenvalue weighted by atomic mass is 16.5. The van der Waals surface area contributed by atoms with Crippen molar-refractivity contribution < 1.29 is 9.47 Å². The molecule has 0 fully saturated rings. The Morgan fingerprint density at radius 2 is 0.446 bits per heavy atom. The van der Waals surface area contributed by atoms with E-state index in [1.54, 1.807) is 0 Å². The highest BCUT2D eigenvalue weighted by Gasteiger charge is 2.30. The molecule has 2 aromatic heterocycles. The van der Waals surface area contributed by atoms with Crippen LogP contribution in [0.3, 0.4) is 0 Å². The van der Waals surface area contributed by atoms with E-state index >= 15 is 0 Å². The van der Waals surface area contributed by atoms with Crippen LogP contribution >= 0.6 is 0 Å². The molecule has 8 aromatic rings. The third-order valence-electron chi connectivity index (χ3n) is 18.9. The SMILES string of the molecule is CCCCCCCCCCCCCCCCCCCCCCOc1ccc(-c2nc(-c3ccccc3)c(-c3ccccc3)n2-n2c(-c3ccc(OCCCCCCCCCCCCCCCCCCCCCC)cc3)nc(-c3ccccc3)c2-c2ccccc2)cc1. The number of hydrogen-bond acceptors (Lipinski definition) is 4. The van der Waals surface area contributed by atoms with E-state index in [0.29, 0.717) is 13.2 Å². The van der Waals surface area contributed by atoms with Crippen molar-refractivity contribution in [3.63, 3.8) is 0 Å². The maximum atomic E-state index is 6.46. The molecule has 0 bridgehead atoms. The lowest BCUT2D eigenvalue weighted by Crippen LogP contribution is -2.16. The number of imidazole rings is 2. The van der Waals surface area contributed by atoms with Gasteiger partial charge in [0, 0.05) is 33.4 Å². The van der Waals surface area contributed by atoms with Crippen LogP contribution in [0.15, 0.2) is 170 Å². The molecule has 0 spiro atoms. The summed E-state index contributed by atoms with van der Waals surface area (Å²) in [7, 11) is 0. The Kier molecular flexibility index (Phi) is 34.1.